The van der Waals surface area contributed by atoms with Crippen LogP contribution in [0.3, 0.4) is 0 Å². The van der Waals surface area contributed by atoms with Crippen LogP contribution in [0.5, 0.6) is 5.75 Å². The topological polar surface area (TPSA) is 102 Å². The largest absolute Gasteiger partial charge is 0.496 e. The molecule has 1 atom stereocenters. The van der Waals surface area contributed by atoms with Gasteiger partial charge in [-0.3, -0.25) is 4.79 Å². The molecule has 23 heavy (non-hydrogen) atoms. The van der Waals surface area contributed by atoms with Gasteiger partial charge < -0.3 is 15.8 Å². The number of rotatable bonds is 6. The van der Waals surface area contributed by atoms with Crippen LogP contribution in [0.2, 0.25) is 0 Å². The Kier molecular flexibility index (Phi) is 5.61. The quantitative estimate of drug-likeness (QED) is 0.782. The van der Waals surface area contributed by atoms with Crippen LogP contribution in [0, 0.1) is 0 Å². The van der Waals surface area contributed by atoms with Crippen LogP contribution in [-0.4, -0.2) is 44.9 Å². The molecule has 1 fully saturated rings. The maximum Gasteiger partial charge on any atom is 0.243 e. The summed E-state index contributed by atoms with van der Waals surface area (Å²) < 4.78 is 32.0. The number of hydrogen-bond acceptors (Lipinski definition) is 5. The van der Waals surface area contributed by atoms with Crippen LogP contribution in [0.25, 0.3) is 0 Å². The first-order chi connectivity index (χ1) is 10.9. The van der Waals surface area contributed by atoms with Gasteiger partial charge in [-0.25, -0.2) is 8.42 Å². The number of sulfonamides is 1. The summed E-state index contributed by atoms with van der Waals surface area (Å²) in [6.45, 7) is 2.73. The molecule has 3 N–H and O–H groups in total. The second kappa shape index (κ2) is 7.29. The molecule has 0 saturated carbocycles. The molecular formula is C15H23N3O4S. The van der Waals surface area contributed by atoms with E-state index in [1.807, 2.05) is 0 Å². The standard InChI is InChI=1S/C15H23N3O4S/c1-3-15(19)17-9-11-8-13(4-5-14(11)22-2)23(20,21)18-7-6-12(16)10-18/h4-5,8,12H,3,6-7,9-10,16H2,1-2H3,(H,17,19)/t12-/m1/s1. The number of nitrogens with two attached hydrogens (primary N) is 1. The highest BCUT2D eigenvalue weighted by Crippen LogP contribution is 2.26. The Balaban J connectivity index is 2.27. The van der Waals surface area contributed by atoms with Crippen molar-refractivity contribution in [3.8, 4) is 5.75 Å². The van der Waals surface area contributed by atoms with Crippen LogP contribution >= 0.6 is 0 Å². The third-order valence-corrected chi connectivity index (χ3v) is 5.74. The smallest absolute Gasteiger partial charge is 0.243 e. The molecular weight excluding hydrogens is 318 g/mol. The summed E-state index contributed by atoms with van der Waals surface area (Å²) in [4.78, 5) is 11.6. The van der Waals surface area contributed by atoms with Gasteiger partial charge >= 0.3 is 0 Å². The lowest BCUT2D eigenvalue weighted by Crippen LogP contribution is -2.32. The van der Waals surface area contributed by atoms with Gasteiger partial charge in [0.05, 0.1) is 12.0 Å². The first kappa shape index (κ1) is 17.7. The Hall–Kier alpha value is -1.64. The van der Waals surface area contributed by atoms with E-state index in [0.717, 1.165) is 0 Å². The Morgan fingerprint density at radius 2 is 2.22 bits per heavy atom. The van der Waals surface area contributed by atoms with Gasteiger partial charge in [0, 0.05) is 37.7 Å². The molecule has 1 aliphatic heterocycles. The van der Waals surface area contributed by atoms with E-state index in [1.165, 1.54) is 17.5 Å². The lowest BCUT2D eigenvalue weighted by Gasteiger charge is -2.17. The molecule has 1 saturated heterocycles. The zero-order valence-corrected chi connectivity index (χ0v) is 14.2. The van der Waals surface area contributed by atoms with Crippen molar-refractivity contribution in [1.82, 2.24) is 9.62 Å². The number of nitrogens with one attached hydrogen (secondary N) is 1. The van der Waals surface area contributed by atoms with E-state index in [9.17, 15) is 13.2 Å². The fourth-order valence-corrected chi connectivity index (χ4v) is 4.06. The summed E-state index contributed by atoms with van der Waals surface area (Å²) in [6, 6.07) is 4.55. The van der Waals surface area contributed by atoms with Crippen molar-refractivity contribution in [2.75, 3.05) is 20.2 Å². The van der Waals surface area contributed by atoms with Gasteiger partial charge in [0.15, 0.2) is 0 Å². The zero-order valence-electron chi connectivity index (χ0n) is 13.4. The average molecular weight is 341 g/mol. The fourth-order valence-electron chi connectivity index (χ4n) is 2.49. The highest BCUT2D eigenvalue weighted by Gasteiger charge is 2.31. The van der Waals surface area contributed by atoms with Crippen molar-refractivity contribution >= 4 is 15.9 Å². The van der Waals surface area contributed by atoms with Gasteiger partial charge in [0.25, 0.3) is 0 Å². The van der Waals surface area contributed by atoms with Crippen LogP contribution in [0.15, 0.2) is 23.1 Å². The maximum atomic E-state index is 12.7. The Morgan fingerprint density at radius 3 is 2.78 bits per heavy atom. The molecule has 0 aromatic heterocycles. The third kappa shape index (κ3) is 4.01. The lowest BCUT2D eigenvalue weighted by atomic mass is 10.2. The molecule has 2 rings (SSSR count). The van der Waals surface area contributed by atoms with Crippen molar-refractivity contribution in [3.63, 3.8) is 0 Å². The molecule has 0 aliphatic carbocycles. The van der Waals surface area contributed by atoms with Gasteiger partial charge in [0.1, 0.15) is 5.75 Å². The van der Waals surface area contributed by atoms with Gasteiger partial charge in [0.2, 0.25) is 15.9 Å². The minimum Gasteiger partial charge on any atom is -0.496 e. The van der Waals surface area contributed by atoms with Gasteiger partial charge in [-0.05, 0) is 24.6 Å². The lowest BCUT2D eigenvalue weighted by molar-refractivity contribution is -0.120. The van der Waals surface area contributed by atoms with E-state index in [2.05, 4.69) is 5.32 Å². The number of carbonyl (C=O) groups excluding carboxylic acids is 1. The van der Waals surface area contributed by atoms with Crippen molar-refractivity contribution in [3.05, 3.63) is 23.8 Å². The molecule has 0 bridgehead atoms. The molecule has 1 aromatic carbocycles. The third-order valence-electron chi connectivity index (χ3n) is 3.87. The van der Waals surface area contributed by atoms with Crippen LogP contribution in [0.1, 0.15) is 25.3 Å². The van der Waals surface area contributed by atoms with E-state index in [1.54, 1.807) is 19.1 Å². The molecule has 1 aromatic rings. The monoisotopic (exact) mass is 341 g/mol. The van der Waals surface area contributed by atoms with Crippen molar-refractivity contribution < 1.29 is 17.9 Å². The number of methoxy groups -OCH3 is 1. The fraction of sp³-hybridized carbons (Fsp3) is 0.533. The first-order valence-corrected chi connectivity index (χ1v) is 9.01. The minimum absolute atomic E-state index is 0.106. The highest BCUT2D eigenvalue weighted by atomic mass is 32.2. The summed E-state index contributed by atoms with van der Waals surface area (Å²) in [6.07, 6.45) is 1.03. The van der Waals surface area contributed by atoms with Crippen LogP contribution < -0.4 is 15.8 Å². The number of carbonyl (C=O) groups is 1. The van der Waals surface area contributed by atoms with Crippen LogP contribution in [0.4, 0.5) is 0 Å². The summed E-state index contributed by atoms with van der Waals surface area (Å²) >= 11 is 0. The molecule has 0 spiro atoms. The molecule has 1 heterocycles. The summed E-state index contributed by atoms with van der Waals surface area (Å²) in [5.41, 5.74) is 6.42. The maximum absolute atomic E-state index is 12.7. The molecule has 8 heteroatoms. The number of ether oxygens (including phenoxy) is 1. The van der Waals surface area contributed by atoms with Crippen molar-refractivity contribution in [1.29, 1.82) is 0 Å². The van der Waals surface area contributed by atoms with Gasteiger partial charge in [-0.2, -0.15) is 4.31 Å². The molecule has 0 unspecified atom stereocenters. The second-order valence-electron chi connectivity index (χ2n) is 5.52. The van der Waals surface area contributed by atoms with E-state index < -0.39 is 10.0 Å². The molecule has 7 nitrogen and oxygen atoms in total. The summed E-state index contributed by atoms with van der Waals surface area (Å²) in [7, 11) is -2.07. The Morgan fingerprint density at radius 1 is 1.48 bits per heavy atom. The molecule has 1 amide bonds. The SMILES string of the molecule is CCC(=O)NCc1cc(S(=O)(=O)N2CC[C@@H](N)C2)ccc1OC. The second-order valence-corrected chi connectivity index (χ2v) is 7.45. The number of hydrogen-bond donors (Lipinski definition) is 2. The number of benzene rings is 1. The van der Waals surface area contributed by atoms with E-state index in [-0.39, 0.29) is 23.4 Å². The van der Waals surface area contributed by atoms with Crippen molar-refractivity contribution in [2.45, 2.75) is 37.2 Å². The minimum atomic E-state index is -3.58. The average Bonchev–Trinajstić information content (AvgIpc) is 2.99. The molecule has 0 radical (unpaired) electrons. The molecule has 128 valence electrons. The van der Waals surface area contributed by atoms with E-state index >= 15 is 0 Å². The van der Waals surface area contributed by atoms with Crippen LogP contribution in [-0.2, 0) is 21.4 Å². The number of amides is 1. The highest BCUT2D eigenvalue weighted by molar-refractivity contribution is 7.89. The Labute approximate surface area is 136 Å². The van der Waals surface area contributed by atoms with E-state index in [4.69, 9.17) is 10.5 Å². The zero-order chi connectivity index (χ0) is 17.0. The van der Waals surface area contributed by atoms with Gasteiger partial charge in [-0.1, -0.05) is 6.92 Å². The predicted molar refractivity (Wildman–Crippen MR) is 86.5 cm³/mol. The predicted octanol–water partition coefficient (Wildman–Crippen LogP) is 0.443. The molecule has 1 aliphatic rings. The van der Waals surface area contributed by atoms with Gasteiger partial charge in [-0.15, -0.1) is 0 Å². The Bertz CT molecular complexity index is 675. The van der Waals surface area contributed by atoms with Crippen molar-refractivity contribution in [2.24, 2.45) is 5.73 Å². The normalized spacial score (nSPS) is 18.8. The summed E-state index contributed by atoms with van der Waals surface area (Å²) in [5, 5.41) is 2.73. The van der Waals surface area contributed by atoms with E-state index in [0.29, 0.717) is 37.2 Å². The summed E-state index contributed by atoms with van der Waals surface area (Å²) in [5.74, 6) is 0.435. The number of nitrogens with zero attached hydrogens (tertiary/aromatic N) is 1. The first-order valence-electron chi connectivity index (χ1n) is 7.57.